The molecule has 1 atom stereocenters. The molecule has 4 heteroatoms. The van der Waals surface area contributed by atoms with Crippen LogP contribution in [-0.2, 0) is 13.0 Å². The lowest BCUT2D eigenvalue weighted by Gasteiger charge is -2.23. The highest BCUT2D eigenvalue weighted by molar-refractivity contribution is 5.54. The molecule has 0 saturated heterocycles. The number of para-hydroxylation sites is 1. The summed E-state index contributed by atoms with van der Waals surface area (Å²) in [5.41, 5.74) is 9.29. The number of nitrogens with zero attached hydrogens (tertiary/aromatic N) is 2. The predicted octanol–water partition coefficient (Wildman–Crippen LogP) is 3.06. The summed E-state index contributed by atoms with van der Waals surface area (Å²) in [7, 11) is 1.88. The van der Waals surface area contributed by atoms with E-state index < -0.39 is 0 Å². The summed E-state index contributed by atoms with van der Waals surface area (Å²) >= 11 is 0. The molecule has 0 aliphatic heterocycles. The second-order valence-corrected chi connectivity index (χ2v) is 5.56. The Morgan fingerprint density at radius 1 is 1.24 bits per heavy atom. The van der Waals surface area contributed by atoms with Gasteiger partial charge in [-0.1, -0.05) is 18.2 Å². The van der Waals surface area contributed by atoms with Crippen LogP contribution in [0.4, 0.5) is 10.1 Å². The van der Waals surface area contributed by atoms with Gasteiger partial charge in [0.05, 0.1) is 17.9 Å². The second-order valence-electron chi connectivity index (χ2n) is 5.56. The van der Waals surface area contributed by atoms with Crippen LogP contribution in [0.5, 0.6) is 0 Å². The number of nitrogens with two attached hydrogens (primary N) is 1. The number of halogens is 1. The Hall–Kier alpha value is -1.94. The van der Waals surface area contributed by atoms with Crippen molar-refractivity contribution >= 4 is 5.69 Å². The average Bonchev–Trinajstić information content (AvgIpc) is 2.37. The molecule has 0 spiro atoms. The Balaban J connectivity index is 2.27. The van der Waals surface area contributed by atoms with Gasteiger partial charge in [0.2, 0.25) is 0 Å². The number of hydrogen-bond donors (Lipinski definition) is 1. The molecule has 1 unspecified atom stereocenters. The van der Waals surface area contributed by atoms with Crippen LogP contribution in [0.25, 0.3) is 0 Å². The summed E-state index contributed by atoms with van der Waals surface area (Å²) in [4.78, 5) is 6.37. The highest BCUT2D eigenvalue weighted by atomic mass is 19.1. The van der Waals surface area contributed by atoms with E-state index in [4.69, 9.17) is 5.73 Å². The Morgan fingerprint density at radius 3 is 2.62 bits per heavy atom. The fourth-order valence-electron chi connectivity index (χ4n) is 2.51. The molecule has 2 N–H and O–H groups in total. The minimum absolute atomic E-state index is 0.00366. The summed E-state index contributed by atoms with van der Waals surface area (Å²) in [5.74, 6) is -0.219. The summed E-state index contributed by atoms with van der Waals surface area (Å²) in [5, 5.41) is 0. The molecule has 1 heterocycles. The molecule has 2 aromatic rings. The third kappa shape index (κ3) is 4.02. The molecule has 1 aromatic heterocycles. The fraction of sp³-hybridized carbons (Fsp3) is 0.353. The van der Waals surface area contributed by atoms with Gasteiger partial charge in [-0.25, -0.2) is 4.39 Å². The lowest BCUT2D eigenvalue weighted by molar-refractivity contribution is 0.616. The van der Waals surface area contributed by atoms with Gasteiger partial charge in [0.15, 0.2) is 0 Å². The molecule has 0 bridgehead atoms. The molecule has 3 nitrogen and oxygen atoms in total. The van der Waals surface area contributed by atoms with E-state index in [1.54, 1.807) is 6.07 Å². The quantitative estimate of drug-likeness (QED) is 0.919. The maximum atomic E-state index is 14.2. The molecular weight excluding hydrogens is 265 g/mol. The second kappa shape index (κ2) is 6.68. The molecular formula is C17H22FN3. The van der Waals surface area contributed by atoms with Gasteiger partial charge in [0.25, 0.3) is 0 Å². The van der Waals surface area contributed by atoms with Crippen molar-refractivity contribution in [3.05, 3.63) is 59.2 Å². The first kappa shape index (κ1) is 15.4. The highest BCUT2D eigenvalue weighted by Crippen LogP contribution is 2.25. The van der Waals surface area contributed by atoms with Crippen molar-refractivity contribution in [2.45, 2.75) is 32.9 Å². The zero-order chi connectivity index (χ0) is 15.4. The smallest absolute Gasteiger partial charge is 0.146 e. The van der Waals surface area contributed by atoms with Gasteiger partial charge in [0, 0.05) is 18.8 Å². The van der Waals surface area contributed by atoms with Crippen LogP contribution in [0.3, 0.4) is 0 Å². The SMILES string of the molecule is Cc1cccc(CN(C)c2c(F)cccc2CC(C)N)n1. The molecule has 0 aliphatic rings. The van der Waals surface area contributed by atoms with Crippen molar-refractivity contribution in [2.24, 2.45) is 5.73 Å². The van der Waals surface area contributed by atoms with E-state index in [1.807, 2.05) is 50.1 Å². The van der Waals surface area contributed by atoms with E-state index in [0.717, 1.165) is 17.0 Å². The summed E-state index contributed by atoms with van der Waals surface area (Å²) in [6, 6.07) is 11.0. The Kier molecular flexibility index (Phi) is 4.91. The largest absolute Gasteiger partial charge is 0.366 e. The number of pyridine rings is 1. The minimum Gasteiger partial charge on any atom is -0.366 e. The Morgan fingerprint density at radius 2 is 1.95 bits per heavy atom. The van der Waals surface area contributed by atoms with E-state index in [9.17, 15) is 4.39 Å². The normalized spacial score (nSPS) is 12.2. The topological polar surface area (TPSA) is 42.1 Å². The van der Waals surface area contributed by atoms with E-state index in [0.29, 0.717) is 18.7 Å². The first-order valence-corrected chi connectivity index (χ1v) is 7.14. The van der Waals surface area contributed by atoms with E-state index in [-0.39, 0.29) is 11.9 Å². The van der Waals surface area contributed by atoms with Crippen molar-refractivity contribution in [3.8, 4) is 0 Å². The zero-order valence-corrected chi connectivity index (χ0v) is 12.8. The van der Waals surface area contributed by atoms with Crippen molar-refractivity contribution in [3.63, 3.8) is 0 Å². The van der Waals surface area contributed by atoms with Crippen molar-refractivity contribution < 1.29 is 4.39 Å². The van der Waals surface area contributed by atoms with E-state index >= 15 is 0 Å². The lowest BCUT2D eigenvalue weighted by atomic mass is 10.0. The van der Waals surface area contributed by atoms with Gasteiger partial charge in [-0.05, 0) is 44.0 Å². The van der Waals surface area contributed by atoms with Crippen LogP contribution < -0.4 is 10.6 Å². The number of hydrogen-bond acceptors (Lipinski definition) is 3. The maximum Gasteiger partial charge on any atom is 0.146 e. The summed E-state index contributed by atoms with van der Waals surface area (Å²) in [6.07, 6.45) is 0.651. The first-order chi connectivity index (χ1) is 9.97. The minimum atomic E-state index is -0.219. The third-order valence-corrected chi connectivity index (χ3v) is 3.34. The molecule has 112 valence electrons. The van der Waals surface area contributed by atoms with Crippen molar-refractivity contribution in [1.29, 1.82) is 0 Å². The van der Waals surface area contributed by atoms with Gasteiger partial charge in [-0.15, -0.1) is 0 Å². The molecule has 1 aromatic carbocycles. The molecule has 0 amide bonds. The number of rotatable bonds is 5. The number of anilines is 1. The Labute approximate surface area is 125 Å². The third-order valence-electron chi connectivity index (χ3n) is 3.34. The van der Waals surface area contributed by atoms with Crippen LogP contribution in [0.1, 0.15) is 23.9 Å². The standard InChI is InChI=1S/C17H22FN3/c1-12(19)10-14-7-5-9-16(18)17(14)21(3)11-15-8-4-6-13(2)20-15/h4-9,12H,10-11,19H2,1-3H3. The highest BCUT2D eigenvalue weighted by Gasteiger charge is 2.14. The lowest BCUT2D eigenvalue weighted by Crippen LogP contribution is -2.23. The van der Waals surface area contributed by atoms with Gasteiger partial charge in [-0.3, -0.25) is 4.98 Å². The van der Waals surface area contributed by atoms with Crippen molar-refractivity contribution in [2.75, 3.05) is 11.9 Å². The van der Waals surface area contributed by atoms with Crippen LogP contribution in [0.2, 0.25) is 0 Å². The maximum absolute atomic E-state index is 14.2. The van der Waals surface area contributed by atoms with Crippen LogP contribution >= 0.6 is 0 Å². The molecule has 0 radical (unpaired) electrons. The van der Waals surface area contributed by atoms with Crippen LogP contribution in [0.15, 0.2) is 36.4 Å². The Bertz CT molecular complexity index is 611. The summed E-state index contributed by atoms with van der Waals surface area (Å²) in [6.45, 7) is 4.44. The zero-order valence-electron chi connectivity index (χ0n) is 12.8. The van der Waals surface area contributed by atoms with Gasteiger partial charge >= 0.3 is 0 Å². The molecule has 2 rings (SSSR count). The molecule has 0 fully saturated rings. The number of aryl methyl sites for hydroxylation is 1. The van der Waals surface area contributed by atoms with Crippen LogP contribution in [0, 0.1) is 12.7 Å². The van der Waals surface area contributed by atoms with E-state index in [2.05, 4.69) is 4.98 Å². The van der Waals surface area contributed by atoms with E-state index in [1.165, 1.54) is 6.07 Å². The number of aromatic nitrogens is 1. The molecule has 0 saturated carbocycles. The van der Waals surface area contributed by atoms with Crippen LogP contribution in [-0.4, -0.2) is 18.1 Å². The number of benzene rings is 1. The fourth-order valence-corrected chi connectivity index (χ4v) is 2.51. The molecule has 0 aliphatic carbocycles. The van der Waals surface area contributed by atoms with Gasteiger partial charge in [0.1, 0.15) is 5.82 Å². The first-order valence-electron chi connectivity index (χ1n) is 7.14. The van der Waals surface area contributed by atoms with Gasteiger partial charge < -0.3 is 10.6 Å². The monoisotopic (exact) mass is 287 g/mol. The summed E-state index contributed by atoms with van der Waals surface area (Å²) < 4.78 is 14.2. The predicted molar refractivity (Wildman–Crippen MR) is 84.8 cm³/mol. The average molecular weight is 287 g/mol. The van der Waals surface area contributed by atoms with Crippen molar-refractivity contribution in [1.82, 2.24) is 4.98 Å². The van der Waals surface area contributed by atoms with Gasteiger partial charge in [-0.2, -0.15) is 0 Å². The molecule has 21 heavy (non-hydrogen) atoms.